The molecule has 28 heavy (non-hydrogen) atoms. The summed E-state index contributed by atoms with van der Waals surface area (Å²) in [5, 5.41) is 2.83. The summed E-state index contributed by atoms with van der Waals surface area (Å²) in [5.41, 5.74) is 13.3. The quantitative estimate of drug-likeness (QED) is 0.527. The smallest absolute Gasteiger partial charge is 0.237 e. The molecular weight excluding hydrogens is 384 g/mol. The van der Waals surface area contributed by atoms with Gasteiger partial charge in [0.2, 0.25) is 5.91 Å². The van der Waals surface area contributed by atoms with E-state index in [1.54, 1.807) is 6.20 Å². The summed E-state index contributed by atoms with van der Waals surface area (Å²) in [4.78, 5) is 15.1. The lowest BCUT2D eigenvalue weighted by molar-refractivity contribution is -0.122. The van der Waals surface area contributed by atoms with Crippen LogP contribution in [0.5, 0.6) is 0 Å². The molecule has 1 aromatic heterocycles. The van der Waals surface area contributed by atoms with Gasteiger partial charge in [-0.05, 0) is 68.1 Å². The largest absolute Gasteiger partial charge is 0.349 e. The SMILES string of the molecule is NCCC[C@H](N)C(=O)NCc1c[nH]c(=S)n1[C@H]1CCc2c(F)cc(F)cc2C1. The molecule has 0 aliphatic heterocycles. The van der Waals surface area contributed by atoms with Crippen molar-refractivity contribution in [3.8, 4) is 0 Å². The fourth-order valence-electron chi connectivity index (χ4n) is 3.73. The summed E-state index contributed by atoms with van der Waals surface area (Å²) in [6.45, 7) is 0.756. The zero-order valence-corrected chi connectivity index (χ0v) is 16.3. The number of nitrogens with two attached hydrogens (primary N) is 2. The van der Waals surface area contributed by atoms with Gasteiger partial charge in [0, 0.05) is 18.3 Å². The number of benzene rings is 1. The maximum absolute atomic E-state index is 14.0. The fourth-order valence-corrected chi connectivity index (χ4v) is 4.06. The van der Waals surface area contributed by atoms with Crippen LogP contribution in [0, 0.1) is 16.4 Å². The van der Waals surface area contributed by atoms with Crippen LogP contribution >= 0.6 is 12.2 Å². The van der Waals surface area contributed by atoms with E-state index in [1.807, 2.05) is 4.57 Å². The Hall–Kier alpha value is -2.10. The van der Waals surface area contributed by atoms with Crippen molar-refractivity contribution in [2.24, 2.45) is 11.5 Å². The van der Waals surface area contributed by atoms with Gasteiger partial charge >= 0.3 is 0 Å². The van der Waals surface area contributed by atoms with Crippen molar-refractivity contribution in [2.45, 2.75) is 50.7 Å². The first-order valence-electron chi connectivity index (χ1n) is 9.39. The average Bonchev–Trinajstić information content (AvgIpc) is 3.03. The molecule has 0 bridgehead atoms. The van der Waals surface area contributed by atoms with E-state index in [0.717, 1.165) is 11.8 Å². The van der Waals surface area contributed by atoms with Gasteiger partial charge < -0.3 is 26.3 Å². The summed E-state index contributed by atoms with van der Waals surface area (Å²) < 4.78 is 30.0. The van der Waals surface area contributed by atoms with Gasteiger partial charge in [0.1, 0.15) is 11.6 Å². The fraction of sp³-hybridized carbons (Fsp3) is 0.474. The Morgan fingerprint density at radius 2 is 2.21 bits per heavy atom. The Kier molecular flexibility index (Phi) is 6.58. The second-order valence-electron chi connectivity index (χ2n) is 7.13. The monoisotopic (exact) mass is 409 g/mol. The normalized spacial score (nSPS) is 17.2. The molecule has 6 N–H and O–H groups in total. The molecule has 0 saturated heterocycles. The molecule has 1 heterocycles. The number of aromatic amines is 1. The highest BCUT2D eigenvalue weighted by molar-refractivity contribution is 7.71. The zero-order valence-electron chi connectivity index (χ0n) is 15.5. The number of H-pyrrole nitrogens is 1. The molecule has 1 aliphatic carbocycles. The Balaban J connectivity index is 1.73. The van der Waals surface area contributed by atoms with Crippen LogP contribution < -0.4 is 16.8 Å². The lowest BCUT2D eigenvalue weighted by Crippen LogP contribution is -2.40. The molecule has 1 amide bonds. The molecule has 6 nitrogen and oxygen atoms in total. The number of carbonyl (C=O) groups is 1. The molecule has 0 fully saturated rings. The first-order valence-corrected chi connectivity index (χ1v) is 9.80. The molecule has 1 aliphatic rings. The number of aromatic nitrogens is 2. The summed E-state index contributed by atoms with van der Waals surface area (Å²) in [7, 11) is 0. The first-order chi connectivity index (χ1) is 13.4. The van der Waals surface area contributed by atoms with Crippen LogP contribution in [0.2, 0.25) is 0 Å². The molecule has 152 valence electrons. The molecule has 2 atom stereocenters. The summed E-state index contributed by atoms with van der Waals surface area (Å²) >= 11 is 5.40. The number of nitrogens with one attached hydrogen (secondary N) is 2. The van der Waals surface area contributed by atoms with Crippen LogP contribution in [0.4, 0.5) is 8.78 Å². The number of carbonyl (C=O) groups excluding carboxylic acids is 1. The topological polar surface area (TPSA) is 102 Å². The van der Waals surface area contributed by atoms with E-state index in [4.69, 9.17) is 23.7 Å². The number of rotatable bonds is 7. The molecule has 1 aromatic carbocycles. The van der Waals surface area contributed by atoms with Crippen molar-refractivity contribution >= 4 is 18.1 Å². The maximum atomic E-state index is 14.0. The highest BCUT2D eigenvalue weighted by Gasteiger charge is 2.25. The van der Waals surface area contributed by atoms with Gasteiger partial charge in [0.05, 0.1) is 18.3 Å². The molecule has 0 unspecified atom stereocenters. The number of hydrogen-bond acceptors (Lipinski definition) is 4. The second-order valence-corrected chi connectivity index (χ2v) is 7.52. The van der Waals surface area contributed by atoms with Crippen LogP contribution in [-0.2, 0) is 24.2 Å². The summed E-state index contributed by atoms with van der Waals surface area (Å²) in [6.07, 6.45) is 4.62. The number of halogens is 2. The highest BCUT2D eigenvalue weighted by atomic mass is 32.1. The molecule has 9 heteroatoms. The lowest BCUT2D eigenvalue weighted by Gasteiger charge is -2.27. The molecule has 0 saturated carbocycles. The second kappa shape index (κ2) is 8.93. The lowest BCUT2D eigenvalue weighted by atomic mass is 9.87. The Labute approximate surface area is 167 Å². The van der Waals surface area contributed by atoms with E-state index < -0.39 is 17.7 Å². The third-order valence-corrected chi connectivity index (χ3v) is 5.51. The van der Waals surface area contributed by atoms with E-state index >= 15 is 0 Å². The Morgan fingerprint density at radius 3 is 2.96 bits per heavy atom. The van der Waals surface area contributed by atoms with E-state index in [-0.39, 0.29) is 18.5 Å². The van der Waals surface area contributed by atoms with E-state index in [0.29, 0.717) is 54.5 Å². The average molecular weight is 410 g/mol. The van der Waals surface area contributed by atoms with Gasteiger partial charge in [-0.25, -0.2) is 8.78 Å². The molecule has 2 aromatic rings. The Bertz CT molecular complexity index is 910. The van der Waals surface area contributed by atoms with Gasteiger partial charge in [0.25, 0.3) is 0 Å². The third kappa shape index (κ3) is 4.48. The molecule has 0 radical (unpaired) electrons. The van der Waals surface area contributed by atoms with Crippen LogP contribution in [0.1, 0.15) is 42.1 Å². The van der Waals surface area contributed by atoms with Crippen LogP contribution in [-0.4, -0.2) is 28.0 Å². The van der Waals surface area contributed by atoms with Crippen molar-refractivity contribution in [1.82, 2.24) is 14.9 Å². The predicted octanol–water partition coefficient (Wildman–Crippen LogP) is 2.24. The maximum Gasteiger partial charge on any atom is 0.237 e. The molecule has 0 spiro atoms. The van der Waals surface area contributed by atoms with Gasteiger partial charge in [-0.2, -0.15) is 0 Å². The van der Waals surface area contributed by atoms with Crippen molar-refractivity contribution in [3.63, 3.8) is 0 Å². The van der Waals surface area contributed by atoms with Crippen molar-refractivity contribution < 1.29 is 13.6 Å². The number of fused-ring (bicyclic) bond motifs is 1. The summed E-state index contributed by atoms with van der Waals surface area (Å²) in [5.74, 6) is -1.32. The number of amides is 1. The number of imidazole rings is 1. The third-order valence-electron chi connectivity index (χ3n) is 5.19. The van der Waals surface area contributed by atoms with Crippen LogP contribution in [0.25, 0.3) is 0 Å². The van der Waals surface area contributed by atoms with E-state index in [2.05, 4.69) is 10.3 Å². The van der Waals surface area contributed by atoms with Gasteiger partial charge in [-0.1, -0.05) is 0 Å². The number of hydrogen-bond donors (Lipinski definition) is 4. The standard InChI is InChI=1S/C19H25F2N5OS/c20-12-6-11-7-13(3-4-15(11)16(21)8-12)26-14(10-25-19(26)28)9-24-18(27)17(23)2-1-5-22/h6,8,10,13,17H,1-5,7,9,22-23H2,(H,24,27)(H,25,28)/t13-,17-/m0/s1. The predicted molar refractivity (Wildman–Crippen MR) is 105 cm³/mol. The summed E-state index contributed by atoms with van der Waals surface area (Å²) in [6, 6.07) is 1.67. The van der Waals surface area contributed by atoms with Gasteiger partial charge in [0.15, 0.2) is 4.77 Å². The van der Waals surface area contributed by atoms with E-state index in [1.165, 1.54) is 6.07 Å². The zero-order chi connectivity index (χ0) is 20.3. The van der Waals surface area contributed by atoms with Gasteiger partial charge in [-0.15, -0.1) is 0 Å². The van der Waals surface area contributed by atoms with Gasteiger partial charge in [-0.3, -0.25) is 4.79 Å². The Morgan fingerprint density at radius 1 is 1.43 bits per heavy atom. The van der Waals surface area contributed by atoms with Crippen molar-refractivity contribution in [3.05, 3.63) is 51.6 Å². The molecule has 3 rings (SSSR count). The minimum Gasteiger partial charge on any atom is -0.349 e. The first kappa shape index (κ1) is 20.6. The van der Waals surface area contributed by atoms with Crippen molar-refractivity contribution in [2.75, 3.05) is 6.54 Å². The minimum atomic E-state index is -0.605. The van der Waals surface area contributed by atoms with Crippen molar-refractivity contribution in [1.29, 1.82) is 0 Å². The highest BCUT2D eigenvalue weighted by Crippen LogP contribution is 2.32. The van der Waals surface area contributed by atoms with Crippen LogP contribution in [0.15, 0.2) is 18.3 Å². The number of nitrogens with zero attached hydrogens (tertiary/aromatic N) is 1. The molecular formula is C19H25F2N5OS. The van der Waals surface area contributed by atoms with Crippen LogP contribution in [0.3, 0.4) is 0 Å². The van der Waals surface area contributed by atoms with E-state index in [9.17, 15) is 13.6 Å². The minimum absolute atomic E-state index is 0.0368.